The number of fused-ring (bicyclic) bond motifs is 1. The van der Waals surface area contributed by atoms with Crippen molar-refractivity contribution in [3.63, 3.8) is 0 Å². The molecule has 9 nitrogen and oxygen atoms in total. The van der Waals surface area contributed by atoms with Gasteiger partial charge in [-0.05, 0) is 54.7 Å². The Morgan fingerprint density at radius 1 is 1.19 bits per heavy atom. The summed E-state index contributed by atoms with van der Waals surface area (Å²) in [5.41, 5.74) is 2.83. The Bertz CT molecular complexity index is 1920. The molecule has 222 valence electrons. The van der Waals surface area contributed by atoms with Crippen molar-refractivity contribution in [3.05, 3.63) is 118 Å². The topological polar surface area (TPSA) is 117 Å². The Hall–Kier alpha value is -4.28. The molecule has 0 fully saturated rings. The molecule has 1 atom stereocenters. The Morgan fingerprint density at radius 3 is 2.58 bits per heavy atom. The maximum Gasteiger partial charge on any atom is 0.338 e. The standard InChI is InChI=1S/C32H30ClN3O6S/c1-5-7-24-28(31(38)41-6-2)29(20-10-8-19(9-11-20)18(3)4)35-30(37)27(43-32(35)34-24)17-22-13-15-26(42-22)21-12-14-23(33)25(16-21)36(39)40/h8-18,29H,5-7H2,1-4H3/b27-17-/t29-/m0/s1. The minimum atomic E-state index is -0.706. The van der Waals surface area contributed by atoms with E-state index in [4.69, 9.17) is 25.7 Å². The quantitative estimate of drug-likeness (QED) is 0.120. The number of benzene rings is 2. The third-order valence-electron chi connectivity index (χ3n) is 7.14. The van der Waals surface area contributed by atoms with Crippen molar-refractivity contribution in [2.75, 3.05) is 6.61 Å². The van der Waals surface area contributed by atoms with E-state index in [-0.39, 0.29) is 22.9 Å². The molecule has 0 N–H and O–H groups in total. The summed E-state index contributed by atoms with van der Waals surface area (Å²) >= 11 is 7.17. The van der Waals surface area contributed by atoms with Gasteiger partial charge < -0.3 is 9.15 Å². The zero-order valence-electron chi connectivity index (χ0n) is 24.1. The molecule has 0 bridgehead atoms. The van der Waals surface area contributed by atoms with Crippen LogP contribution in [0.25, 0.3) is 17.4 Å². The van der Waals surface area contributed by atoms with Crippen molar-refractivity contribution >= 4 is 40.7 Å². The number of nitro groups is 1. The molecule has 2 aromatic carbocycles. The van der Waals surface area contributed by atoms with Gasteiger partial charge in [0.05, 0.1) is 33.4 Å². The van der Waals surface area contributed by atoms with Gasteiger partial charge in [0.1, 0.15) is 16.5 Å². The molecular formula is C32H30ClN3O6S. The van der Waals surface area contributed by atoms with Crippen LogP contribution in [0.5, 0.6) is 0 Å². The van der Waals surface area contributed by atoms with Crippen LogP contribution in [-0.2, 0) is 9.53 Å². The van der Waals surface area contributed by atoms with E-state index in [0.29, 0.717) is 50.0 Å². The van der Waals surface area contributed by atoms with Gasteiger partial charge in [-0.3, -0.25) is 19.5 Å². The lowest BCUT2D eigenvalue weighted by Crippen LogP contribution is -2.40. The van der Waals surface area contributed by atoms with Crippen molar-refractivity contribution in [2.45, 2.75) is 52.5 Å². The number of carbonyl (C=O) groups is 1. The fourth-order valence-electron chi connectivity index (χ4n) is 5.02. The maximum absolute atomic E-state index is 14.0. The molecule has 0 spiro atoms. The zero-order valence-corrected chi connectivity index (χ0v) is 25.7. The van der Waals surface area contributed by atoms with Gasteiger partial charge >= 0.3 is 5.97 Å². The number of ether oxygens (including phenoxy) is 1. The van der Waals surface area contributed by atoms with Crippen LogP contribution in [0.3, 0.4) is 0 Å². The average molecular weight is 620 g/mol. The molecule has 0 saturated heterocycles. The van der Waals surface area contributed by atoms with Gasteiger partial charge in [-0.2, -0.15) is 0 Å². The molecule has 4 aromatic rings. The molecule has 1 aliphatic rings. The molecule has 0 aliphatic carbocycles. The molecule has 0 unspecified atom stereocenters. The van der Waals surface area contributed by atoms with Gasteiger partial charge in [0.25, 0.3) is 11.2 Å². The lowest BCUT2D eigenvalue weighted by molar-refractivity contribution is -0.384. The van der Waals surface area contributed by atoms with E-state index in [2.05, 4.69) is 13.8 Å². The molecule has 43 heavy (non-hydrogen) atoms. The summed E-state index contributed by atoms with van der Waals surface area (Å²) in [5, 5.41) is 11.4. The van der Waals surface area contributed by atoms with Crippen molar-refractivity contribution in [3.8, 4) is 11.3 Å². The van der Waals surface area contributed by atoms with Crippen molar-refractivity contribution in [2.24, 2.45) is 4.99 Å². The van der Waals surface area contributed by atoms with E-state index in [1.54, 1.807) is 35.8 Å². The highest BCUT2D eigenvalue weighted by molar-refractivity contribution is 7.07. The number of nitro benzene ring substituents is 1. The number of furan rings is 1. The van der Waals surface area contributed by atoms with Crippen molar-refractivity contribution < 1.29 is 18.9 Å². The van der Waals surface area contributed by atoms with Crippen molar-refractivity contribution in [1.29, 1.82) is 0 Å². The number of aromatic nitrogens is 1. The third kappa shape index (κ3) is 5.98. The summed E-state index contributed by atoms with van der Waals surface area (Å²) in [7, 11) is 0. The largest absolute Gasteiger partial charge is 0.463 e. The van der Waals surface area contributed by atoms with E-state index in [1.807, 2.05) is 31.2 Å². The van der Waals surface area contributed by atoms with Crippen LogP contribution in [0.1, 0.15) is 69.4 Å². The first-order valence-electron chi connectivity index (χ1n) is 14.0. The van der Waals surface area contributed by atoms with Crippen LogP contribution in [0.4, 0.5) is 5.69 Å². The monoisotopic (exact) mass is 619 g/mol. The highest BCUT2D eigenvalue weighted by atomic mass is 35.5. The van der Waals surface area contributed by atoms with Gasteiger partial charge in [0, 0.05) is 17.7 Å². The highest BCUT2D eigenvalue weighted by Gasteiger charge is 2.34. The fourth-order valence-corrected chi connectivity index (χ4v) is 6.21. The lowest BCUT2D eigenvalue weighted by atomic mass is 9.92. The first-order valence-corrected chi connectivity index (χ1v) is 15.2. The Balaban J connectivity index is 1.64. The molecule has 3 heterocycles. The van der Waals surface area contributed by atoms with E-state index < -0.39 is 16.9 Å². The Labute approximate surface area is 256 Å². The number of hydrogen-bond acceptors (Lipinski definition) is 8. The van der Waals surface area contributed by atoms with Gasteiger partial charge in [0.15, 0.2) is 4.80 Å². The molecule has 5 rings (SSSR count). The van der Waals surface area contributed by atoms with Crippen LogP contribution < -0.4 is 14.9 Å². The predicted octanol–water partition coefficient (Wildman–Crippen LogP) is 6.52. The molecule has 1 aliphatic heterocycles. The predicted molar refractivity (Wildman–Crippen MR) is 166 cm³/mol. The number of carbonyl (C=O) groups excluding carboxylic acids is 1. The molecule has 0 radical (unpaired) electrons. The summed E-state index contributed by atoms with van der Waals surface area (Å²) in [5.74, 6) is 0.601. The summed E-state index contributed by atoms with van der Waals surface area (Å²) in [6.45, 7) is 8.17. The molecular weight excluding hydrogens is 590 g/mol. The normalized spacial score (nSPS) is 15.0. The molecule has 0 saturated carbocycles. The zero-order chi connectivity index (χ0) is 30.8. The summed E-state index contributed by atoms with van der Waals surface area (Å²) < 4.78 is 13.3. The van der Waals surface area contributed by atoms with Crippen LogP contribution in [0, 0.1) is 10.1 Å². The van der Waals surface area contributed by atoms with E-state index in [1.165, 1.54) is 23.5 Å². The van der Waals surface area contributed by atoms with Gasteiger partial charge in [0.2, 0.25) is 0 Å². The van der Waals surface area contributed by atoms with E-state index in [0.717, 1.165) is 17.5 Å². The fraction of sp³-hybridized carbons (Fsp3) is 0.281. The minimum Gasteiger partial charge on any atom is -0.463 e. The van der Waals surface area contributed by atoms with E-state index in [9.17, 15) is 19.7 Å². The van der Waals surface area contributed by atoms with Crippen LogP contribution in [0.2, 0.25) is 5.02 Å². The summed E-state index contributed by atoms with van der Waals surface area (Å²) in [4.78, 5) is 43.4. The van der Waals surface area contributed by atoms with Gasteiger partial charge in [-0.25, -0.2) is 9.79 Å². The molecule has 2 aromatic heterocycles. The second kappa shape index (κ2) is 12.5. The number of esters is 1. The van der Waals surface area contributed by atoms with Crippen LogP contribution >= 0.6 is 22.9 Å². The molecule has 0 amide bonds. The highest BCUT2D eigenvalue weighted by Crippen LogP contribution is 2.34. The van der Waals surface area contributed by atoms with Gasteiger partial charge in [-0.1, -0.05) is 74.4 Å². The Kier molecular flexibility index (Phi) is 8.79. The van der Waals surface area contributed by atoms with Gasteiger partial charge in [-0.15, -0.1) is 0 Å². The second-order valence-electron chi connectivity index (χ2n) is 10.4. The first kappa shape index (κ1) is 30.2. The summed E-state index contributed by atoms with van der Waals surface area (Å²) in [6.07, 6.45) is 2.92. The number of nitrogens with zero attached hydrogens (tertiary/aromatic N) is 3. The Morgan fingerprint density at radius 2 is 1.93 bits per heavy atom. The van der Waals surface area contributed by atoms with Crippen LogP contribution in [0.15, 0.2) is 80.1 Å². The smallest absolute Gasteiger partial charge is 0.338 e. The first-order chi connectivity index (χ1) is 20.6. The third-order valence-corrected chi connectivity index (χ3v) is 8.44. The number of halogens is 1. The summed E-state index contributed by atoms with van der Waals surface area (Å²) in [6, 6.07) is 15.0. The number of allylic oxidation sites excluding steroid dienone is 1. The maximum atomic E-state index is 14.0. The number of hydrogen-bond donors (Lipinski definition) is 0. The average Bonchev–Trinajstić information content (AvgIpc) is 3.57. The van der Waals surface area contributed by atoms with Crippen molar-refractivity contribution in [1.82, 2.24) is 4.57 Å². The van der Waals surface area contributed by atoms with Crippen LogP contribution in [-0.4, -0.2) is 22.1 Å². The SMILES string of the molecule is CCCC1=C(C(=O)OCC)[C@H](c2ccc(C(C)C)cc2)n2c(s/c(=C\c3ccc(-c4ccc(Cl)c([N+](=O)[O-])c4)o3)c2=O)=N1. The second-order valence-corrected chi connectivity index (χ2v) is 11.8. The number of rotatable bonds is 9. The number of thiazole rings is 1. The molecule has 11 heteroatoms. The lowest BCUT2D eigenvalue weighted by Gasteiger charge is -2.26. The minimum absolute atomic E-state index is 0.0275. The van der Waals surface area contributed by atoms with E-state index >= 15 is 0 Å².